The van der Waals surface area contributed by atoms with Crippen molar-refractivity contribution < 1.29 is 18.3 Å². The van der Waals surface area contributed by atoms with E-state index in [9.17, 15) is 8.78 Å². The molecule has 7 nitrogen and oxygen atoms in total. The molecule has 0 atom stereocenters. The highest BCUT2D eigenvalue weighted by molar-refractivity contribution is 14.0. The first kappa shape index (κ1) is 22.9. The number of alkyl halides is 2. The molecule has 27 heavy (non-hydrogen) atoms. The van der Waals surface area contributed by atoms with Gasteiger partial charge in [0.05, 0.1) is 18.8 Å². The second-order valence-electron chi connectivity index (χ2n) is 5.36. The number of ether oxygens (including phenoxy) is 2. The van der Waals surface area contributed by atoms with Gasteiger partial charge in [0, 0.05) is 31.4 Å². The number of hydrogen-bond donors (Lipinski definition) is 3. The summed E-state index contributed by atoms with van der Waals surface area (Å²) in [6, 6.07) is 6.73. The molecule has 0 fully saturated rings. The van der Waals surface area contributed by atoms with E-state index in [0.29, 0.717) is 30.4 Å². The van der Waals surface area contributed by atoms with Crippen molar-refractivity contribution in [3.63, 3.8) is 0 Å². The fourth-order valence-electron chi connectivity index (χ4n) is 2.16. The van der Waals surface area contributed by atoms with Gasteiger partial charge in [-0.15, -0.1) is 24.0 Å². The Morgan fingerprint density at radius 1 is 1.26 bits per heavy atom. The van der Waals surface area contributed by atoms with Crippen molar-refractivity contribution in [2.75, 3.05) is 13.7 Å². The molecule has 0 aliphatic heterocycles. The van der Waals surface area contributed by atoms with Crippen LogP contribution in [0.3, 0.4) is 0 Å². The maximum atomic E-state index is 12.7. The Morgan fingerprint density at radius 2 is 2.04 bits per heavy atom. The normalized spacial score (nSPS) is 11.1. The summed E-state index contributed by atoms with van der Waals surface area (Å²) in [4.78, 5) is 4.10. The second kappa shape index (κ2) is 12.3. The van der Waals surface area contributed by atoms with Gasteiger partial charge in [0.15, 0.2) is 5.96 Å². The van der Waals surface area contributed by atoms with Gasteiger partial charge in [0.1, 0.15) is 11.5 Å². The minimum Gasteiger partial charge on any atom is -0.493 e. The Balaban J connectivity index is 0.00000364. The Labute approximate surface area is 174 Å². The zero-order valence-corrected chi connectivity index (χ0v) is 17.5. The summed E-state index contributed by atoms with van der Waals surface area (Å²) < 4.78 is 35.5. The van der Waals surface area contributed by atoms with E-state index in [2.05, 4.69) is 30.6 Å². The average molecular weight is 495 g/mol. The lowest BCUT2D eigenvalue weighted by atomic mass is 10.2. The van der Waals surface area contributed by atoms with Crippen LogP contribution in [0.1, 0.15) is 24.6 Å². The summed E-state index contributed by atoms with van der Waals surface area (Å²) >= 11 is 0. The molecule has 0 saturated carbocycles. The summed E-state index contributed by atoms with van der Waals surface area (Å²) in [5.74, 6) is 1.09. The van der Waals surface area contributed by atoms with Crippen LogP contribution in [0.4, 0.5) is 8.78 Å². The third-order valence-corrected chi connectivity index (χ3v) is 3.40. The molecule has 0 saturated heterocycles. The standard InChI is InChI=1S/C17H23F2N5O2.HI/c1-3-8-25-14-5-4-12(15(9-14)26-16(18)19)10-21-17(20-2)22-11-13-6-7-23-24-13;/h4-7,9,16H,3,8,10-11H2,1-2H3,(H,23,24)(H2,20,21,22);1H. The van der Waals surface area contributed by atoms with Crippen molar-refractivity contribution in [3.05, 3.63) is 41.7 Å². The van der Waals surface area contributed by atoms with Crippen molar-refractivity contribution in [1.82, 2.24) is 20.8 Å². The number of aromatic nitrogens is 2. The summed E-state index contributed by atoms with van der Waals surface area (Å²) in [6.45, 7) is 0.336. The Morgan fingerprint density at radius 3 is 2.67 bits per heavy atom. The van der Waals surface area contributed by atoms with Gasteiger partial charge in [-0.2, -0.15) is 13.9 Å². The minimum atomic E-state index is -2.91. The molecule has 1 aromatic carbocycles. The second-order valence-corrected chi connectivity index (χ2v) is 5.36. The SMILES string of the molecule is CCCOc1ccc(CNC(=NC)NCc2ccn[nH]2)c(OC(F)F)c1.I. The molecule has 0 unspecified atom stereocenters. The zero-order chi connectivity index (χ0) is 18.8. The highest BCUT2D eigenvalue weighted by Gasteiger charge is 2.12. The van der Waals surface area contributed by atoms with Gasteiger partial charge >= 0.3 is 6.61 Å². The lowest BCUT2D eigenvalue weighted by molar-refractivity contribution is -0.0505. The summed E-state index contributed by atoms with van der Waals surface area (Å²) in [5, 5.41) is 12.9. The summed E-state index contributed by atoms with van der Waals surface area (Å²) in [5.41, 5.74) is 1.46. The van der Waals surface area contributed by atoms with E-state index in [-0.39, 0.29) is 36.3 Å². The predicted molar refractivity (Wildman–Crippen MR) is 110 cm³/mol. The molecule has 0 aliphatic rings. The number of halogens is 3. The smallest absolute Gasteiger partial charge is 0.387 e. The summed E-state index contributed by atoms with van der Waals surface area (Å²) in [6.07, 6.45) is 2.48. The number of aromatic amines is 1. The van der Waals surface area contributed by atoms with E-state index in [1.165, 1.54) is 6.07 Å². The number of nitrogens with zero attached hydrogens (tertiary/aromatic N) is 2. The van der Waals surface area contributed by atoms with Gasteiger partial charge in [-0.1, -0.05) is 6.92 Å². The monoisotopic (exact) mass is 495 g/mol. The molecule has 0 amide bonds. The first-order valence-electron chi connectivity index (χ1n) is 8.25. The van der Waals surface area contributed by atoms with Crippen LogP contribution in [-0.2, 0) is 13.1 Å². The predicted octanol–water partition coefficient (Wildman–Crippen LogP) is 3.28. The third-order valence-electron chi connectivity index (χ3n) is 3.40. The molecule has 1 aromatic heterocycles. The molecular weight excluding hydrogens is 471 g/mol. The molecule has 2 aromatic rings. The van der Waals surface area contributed by atoms with Crippen LogP contribution >= 0.6 is 24.0 Å². The van der Waals surface area contributed by atoms with Crippen molar-refractivity contribution in [3.8, 4) is 11.5 Å². The van der Waals surface area contributed by atoms with Gasteiger partial charge < -0.3 is 20.1 Å². The first-order chi connectivity index (χ1) is 12.6. The Hall–Kier alpha value is -2.11. The van der Waals surface area contributed by atoms with E-state index in [1.54, 1.807) is 25.4 Å². The molecule has 0 radical (unpaired) electrons. The van der Waals surface area contributed by atoms with Crippen LogP contribution in [0.25, 0.3) is 0 Å². The van der Waals surface area contributed by atoms with E-state index < -0.39 is 6.61 Å². The zero-order valence-electron chi connectivity index (χ0n) is 15.2. The maximum absolute atomic E-state index is 12.7. The number of benzene rings is 1. The lowest BCUT2D eigenvalue weighted by Gasteiger charge is -2.15. The van der Waals surface area contributed by atoms with Crippen LogP contribution in [0, 0.1) is 0 Å². The van der Waals surface area contributed by atoms with Crippen LogP contribution in [0.5, 0.6) is 11.5 Å². The molecule has 150 valence electrons. The molecular formula is C17H24F2IN5O2. The van der Waals surface area contributed by atoms with Crippen molar-refractivity contribution in [1.29, 1.82) is 0 Å². The number of guanidine groups is 1. The molecule has 1 heterocycles. The number of rotatable bonds is 9. The highest BCUT2D eigenvalue weighted by Crippen LogP contribution is 2.26. The van der Waals surface area contributed by atoms with E-state index in [4.69, 9.17) is 4.74 Å². The first-order valence-corrected chi connectivity index (χ1v) is 8.25. The maximum Gasteiger partial charge on any atom is 0.387 e. The highest BCUT2D eigenvalue weighted by atomic mass is 127. The van der Waals surface area contributed by atoms with Crippen molar-refractivity contribution in [2.24, 2.45) is 4.99 Å². The third kappa shape index (κ3) is 7.97. The van der Waals surface area contributed by atoms with Gasteiger partial charge in [0.2, 0.25) is 0 Å². The number of H-pyrrole nitrogens is 1. The summed E-state index contributed by atoms with van der Waals surface area (Å²) in [7, 11) is 1.63. The Kier molecular flexibility index (Phi) is 10.5. The topological polar surface area (TPSA) is 83.6 Å². The van der Waals surface area contributed by atoms with E-state index in [0.717, 1.165) is 12.1 Å². The van der Waals surface area contributed by atoms with Crippen LogP contribution in [0.2, 0.25) is 0 Å². The molecule has 3 N–H and O–H groups in total. The fourth-order valence-corrected chi connectivity index (χ4v) is 2.16. The average Bonchev–Trinajstić information content (AvgIpc) is 3.14. The van der Waals surface area contributed by atoms with Gasteiger partial charge in [-0.3, -0.25) is 10.1 Å². The van der Waals surface area contributed by atoms with Crippen LogP contribution < -0.4 is 20.1 Å². The number of aliphatic imine (C=N–C) groups is 1. The van der Waals surface area contributed by atoms with Gasteiger partial charge in [-0.25, -0.2) is 0 Å². The van der Waals surface area contributed by atoms with E-state index in [1.807, 2.05) is 13.0 Å². The molecule has 2 rings (SSSR count). The molecule has 10 heteroatoms. The Bertz CT molecular complexity index is 699. The van der Waals surface area contributed by atoms with Crippen LogP contribution in [-0.4, -0.2) is 36.4 Å². The molecule has 0 bridgehead atoms. The van der Waals surface area contributed by atoms with Crippen molar-refractivity contribution in [2.45, 2.75) is 33.0 Å². The molecule has 0 spiro atoms. The quantitative estimate of drug-likeness (QED) is 0.283. The van der Waals surface area contributed by atoms with Crippen molar-refractivity contribution >= 4 is 29.9 Å². The fraction of sp³-hybridized carbons (Fsp3) is 0.412. The van der Waals surface area contributed by atoms with Crippen LogP contribution in [0.15, 0.2) is 35.5 Å². The number of nitrogens with one attached hydrogen (secondary N) is 3. The minimum absolute atomic E-state index is 0. The lowest BCUT2D eigenvalue weighted by Crippen LogP contribution is -2.36. The van der Waals surface area contributed by atoms with E-state index >= 15 is 0 Å². The molecule has 0 aliphatic carbocycles. The van der Waals surface area contributed by atoms with Gasteiger partial charge in [0.25, 0.3) is 0 Å². The van der Waals surface area contributed by atoms with Gasteiger partial charge in [-0.05, 0) is 24.6 Å². The largest absolute Gasteiger partial charge is 0.493 e. The number of hydrogen-bond acceptors (Lipinski definition) is 4.